The van der Waals surface area contributed by atoms with Gasteiger partial charge in [0.1, 0.15) is 17.3 Å². The minimum atomic E-state index is 0.651. The molecule has 0 saturated carbocycles. The highest BCUT2D eigenvalue weighted by atomic mass is 15.2. The standard InChI is InChI=1S/C29H35N7/c1-2-22-5-9-30-24(17-22)20-27-32-25(18-23-6-13-36-16-10-31-28(36)19-23)21-29(33-27)35-14-7-26(8-15-35)34-11-3-4-12-34/h5-6,9-10,13,16-17,19,21,26H,2-4,7-8,11-12,14-15,18,20H2,1H3. The Bertz CT molecular complexity index is 1320. The lowest BCUT2D eigenvalue weighted by molar-refractivity contribution is 0.207. The summed E-state index contributed by atoms with van der Waals surface area (Å²) in [5.41, 5.74) is 5.56. The summed E-state index contributed by atoms with van der Waals surface area (Å²) in [5.74, 6) is 1.91. The zero-order valence-corrected chi connectivity index (χ0v) is 21.2. The van der Waals surface area contributed by atoms with Crippen LogP contribution in [0.1, 0.15) is 60.9 Å². The van der Waals surface area contributed by atoms with Gasteiger partial charge in [-0.2, -0.15) is 0 Å². The smallest absolute Gasteiger partial charge is 0.136 e. The van der Waals surface area contributed by atoms with Crippen molar-refractivity contribution in [2.24, 2.45) is 0 Å². The Morgan fingerprint density at radius 2 is 1.67 bits per heavy atom. The number of imidazole rings is 1. The molecule has 0 aromatic carbocycles. The maximum Gasteiger partial charge on any atom is 0.136 e. The van der Waals surface area contributed by atoms with Crippen molar-refractivity contribution in [3.63, 3.8) is 0 Å². The van der Waals surface area contributed by atoms with Crippen LogP contribution in [0, 0.1) is 0 Å². The fourth-order valence-corrected chi connectivity index (χ4v) is 5.71. The second-order valence-corrected chi connectivity index (χ2v) is 10.2. The minimum Gasteiger partial charge on any atom is -0.356 e. The molecule has 0 atom stereocenters. The van der Waals surface area contributed by atoms with Gasteiger partial charge >= 0.3 is 0 Å². The number of likely N-dealkylation sites (tertiary alicyclic amines) is 1. The molecule has 0 N–H and O–H groups in total. The number of aryl methyl sites for hydroxylation is 1. The fourth-order valence-electron chi connectivity index (χ4n) is 5.71. The molecule has 0 bridgehead atoms. The van der Waals surface area contributed by atoms with Crippen molar-refractivity contribution >= 4 is 11.5 Å². The van der Waals surface area contributed by atoms with Crippen LogP contribution in [0.3, 0.4) is 0 Å². The number of rotatable bonds is 7. The first-order chi connectivity index (χ1) is 17.7. The van der Waals surface area contributed by atoms with Crippen molar-refractivity contribution in [3.8, 4) is 0 Å². The quantitative estimate of drug-likeness (QED) is 0.392. The van der Waals surface area contributed by atoms with Crippen LogP contribution in [-0.4, -0.2) is 61.5 Å². The summed E-state index contributed by atoms with van der Waals surface area (Å²) in [4.78, 5) is 24.3. The van der Waals surface area contributed by atoms with Gasteiger partial charge in [-0.1, -0.05) is 6.92 Å². The van der Waals surface area contributed by atoms with Crippen molar-refractivity contribution in [3.05, 3.63) is 83.5 Å². The van der Waals surface area contributed by atoms with E-state index < -0.39 is 0 Å². The lowest BCUT2D eigenvalue weighted by Crippen LogP contribution is -2.44. The summed E-state index contributed by atoms with van der Waals surface area (Å²) >= 11 is 0. The highest BCUT2D eigenvalue weighted by Gasteiger charge is 2.27. The number of anilines is 1. The molecule has 2 fully saturated rings. The number of hydrogen-bond acceptors (Lipinski definition) is 6. The highest BCUT2D eigenvalue weighted by Crippen LogP contribution is 2.25. The van der Waals surface area contributed by atoms with Gasteiger partial charge in [0.15, 0.2) is 0 Å². The van der Waals surface area contributed by atoms with Gasteiger partial charge in [-0.05, 0) is 80.6 Å². The molecule has 0 aliphatic carbocycles. The molecule has 36 heavy (non-hydrogen) atoms. The average molecular weight is 482 g/mol. The molecule has 7 heteroatoms. The average Bonchev–Trinajstić information content (AvgIpc) is 3.61. The van der Waals surface area contributed by atoms with E-state index in [4.69, 9.17) is 9.97 Å². The SMILES string of the molecule is CCc1ccnc(Cc2nc(Cc3ccn4ccnc4c3)cc(N3CCC(N4CCCC4)CC3)n2)c1. The number of aromatic nitrogens is 5. The molecule has 2 aliphatic heterocycles. The third kappa shape index (κ3) is 5.12. The molecule has 6 rings (SSSR count). The third-order valence-corrected chi connectivity index (χ3v) is 7.73. The lowest BCUT2D eigenvalue weighted by Gasteiger charge is -2.37. The Balaban J connectivity index is 1.26. The zero-order valence-electron chi connectivity index (χ0n) is 21.2. The second-order valence-electron chi connectivity index (χ2n) is 10.2. The first kappa shape index (κ1) is 23.1. The first-order valence-corrected chi connectivity index (χ1v) is 13.4. The Labute approximate surface area is 213 Å². The van der Waals surface area contributed by atoms with Crippen molar-refractivity contribution in [1.29, 1.82) is 0 Å². The third-order valence-electron chi connectivity index (χ3n) is 7.73. The van der Waals surface area contributed by atoms with Gasteiger partial charge in [-0.3, -0.25) is 4.98 Å². The predicted octanol–water partition coefficient (Wildman–Crippen LogP) is 4.33. The van der Waals surface area contributed by atoms with Gasteiger partial charge in [0.25, 0.3) is 0 Å². The van der Waals surface area contributed by atoms with E-state index in [1.54, 1.807) is 0 Å². The topological polar surface area (TPSA) is 62.5 Å². The second kappa shape index (κ2) is 10.3. The summed E-state index contributed by atoms with van der Waals surface area (Å²) in [7, 11) is 0. The van der Waals surface area contributed by atoms with Gasteiger partial charge in [-0.25, -0.2) is 15.0 Å². The number of nitrogens with zero attached hydrogens (tertiary/aromatic N) is 7. The van der Waals surface area contributed by atoms with E-state index in [-0.39, 0.29) is 0 Å². The van der Waals surface area contributed by atoms with Crippen LogP contribution in [0.2, 0.25) is 0 Å². The van der Waals surface area contributed by atoms with E-state index in [9.17, 15) is 0 Å². The number of hydrogen-bond donors (Lipinski definition) is 0. The molecule has 186 valence electrons. The van der Waals surface area contributed by atoms with Crippen LogP contribution in [0.15, 0.2) is 55.1 Å². The summed E-state index contributed by atoms with van der Waals surface area (Å²) in [6.07, 6.45) is 15.3. The van der Waals surface area contributed by atoms with Crippen molar-refractivity contribution in [2.45, 2.75) is 57.9 Å². The number of piperidine rings is 1. The number of fused-ring (bicyclic) bond motifs is 1. The van der Waals surface area contributed by atoms with Crippen LogP contribution in [-0.2, 0) is 19.3 Å². The monoisotopic (exact) mass is 481 g/mol. The fraction of sp³-hybridized carbons (Fsp3) is 0.448. The van der Waals surface area contributed by atoms with Gasteiger partial charge in [0, 0.05) is 62.1 Å². The van der Waals surface area contributed by atoms with Crippen molar-refractivity contribution in [1.82, 2.24) is 29.2 Å². The van der Waals surface area contributed by atoms with Crippen LogP contribution >= 0.6 is 0 Å². The van der Waals surface area contributed by atoms with E-state index in [0.717, 1.165) is 60.7 Å². The molecule has 4 aromatic rings. The molecular formula is C29H35N7. The maximum absolute atomic E-state index is 5.06. The summed E-state index contributed by atoms with van der Waals surface area (Å²) in [6.45, 7) is 6.84. The molecule has 7 nitrogen and oxygen atoms in total. The van der Waals surface area contributed by atoms with E-state index >= 15 is 0 Å². The number of pyridine rings is 2. The maximum atomic E-state index is 5.06. The Hall–Kier alpha value is -3.32. The minimum absolute atomic E-state index is 0.651. The van der Waals surface area contributed by atoms with Crippen LogP contribution in [0.25, 0.3) is 5.65 Å². The highest BCUT2D eigenvalue weighted by molar-refractivity contribution is 5.45. The van der Waals surface area contributed by atoms with E-state index in [0.29, 0.717) is 6.42 Å². The molecule has 4 aromatic heterocycles. The van der Waals surface area contributed by atoms with E-state index in [1.807, 2.05) is 23.0 Å². The summed E-state index contributed by atoms with van der Waals surface area (Å²) < 4.78 is 2.04. The Morgan fingerprint density at radius 3 is 2.50 bits per heavy atom. The molecule has 6 heterocycles. The zero-order chi connectivity index (χ0) is 24.3. The molecule has 0 radical (unpaired) electrons. The molecule has 0 spiro atoms. The molecule has 2 saturated heterocycles. The van der Waals surface area contributed by atoms with E-state index in [1.165, 1.54) is 49.9 Å². The van der Waals surface area contributed by atoms with Gasteiger partial charge in [0.2, 0.25) is 0 Å². The Kier molecular flexibility index (Phi) is 6.64. The molecular weight excluding hydrogens is 446 g/mol. The first-order valence-electron chi connectivity index (χ1n) is 13.4. The largest absolute Gasteiger partial charge is 0.356 e. The van der Waals surface area contributed by atoms with Crippen LogP contribution in [0.4, 0.5) is 5.82 Å². The molecule has 0 amide bonds. The molecule has 0 unspecified atom stereocenters. The summed E-state index contributed by atoms with van der Waals surface area (Å²) in [5, 5.41) is 0. The van der Waals surface area contributed by atoms with Crippen molar-refractivity contribution < 1.29 is 0 Å². The van der Waals surface area contributed by atoms with Gasteiger partial charge < -0.3 is 14.2 Å². The lowest BCUT2D eigenvalue weighted by atomic mass is 10.0. The Morgan fingerprint density at radius 1 is 0.806 bits per heavy atom. The summed E-state index contributed by atoms with van der Waals surface area (Å²) in [6, 6.07) is 11.5. The normalized spacial score (nSPS) is 17.3. The van der Waals surface area contributed by atoms with Crippen molar-refractivity contribution in [2.75, 3.05) is 31.1 Å². The van der Waals surface area contributed by atoms with Gasteiger partial charge in [-0.15, -0.1) is 0 Å². The van der Waals surface area contributed by atoms with Crippen LogP contribution < -0.4 is 4.90 Å². The molecule has 2 aliphatic rings. The van der Waals surface area contributed by atoms with Crippen LogP contribution in [0.5, 0.6) is 0 Å². The predicted molar refractivity (Wildman–Crippen MR) is 142 cm³/mol. The van der Waals surface area contributed by atoms with Gasteiger partial charge in [0.05, 0.1) is 12.1 Å². The van der Waals surface area contributed by atoms with E-state index in [2.05, 4.69) is 63.2 Å².